The Morgan fingerprint density at radius 3 is 2.64 bits per heavy atom. The van der Waals surface area contributed by atoms with Gasteiger partial charge in [0.2, 0.25) is 0 Å². The molecule has 0 spiro atoms. The van der Waals surface area contributed by atoms with Gasteiger partial charge in [0.15, 0.2) is 17.1 Å². The minimum absolute atomic E-state index is 0.211. The molecule has 1 aromatic carbocycles. The van der Waals surface area contributed by atoms with E-state index in [9.17, 15) is 9.59 Å². The summed E-state index contributed by atoms with van der Waals surface area (Å²) in [6, 6.07) is 3.53. The molecule has 1 aliphatic rings. The van der Waals surface area contributed by atoms with Crippen molar-refractivity contribution in [1.29, 1.82) is 0 Å². The van der Waals surface area contributed by atoms with E-state index >= 15 is 0 Å². The van der Waals surface area contributed by atoms with Gasteiger partial charge in [0.1, 0.15) is 6.61 Å². The van der Waals surface area contributed by atoms with E-state index in [1.807, 2.05) is 20.0 Å². The molecule has 1 heterocycles. The summed E-state index contributed by atoms with van der Waals surface area (Å²) in [5.41, 5.74) is 0.849. The molecule has 0 saturated carbocycles. The Bertz CT molecular complexity index is 598. The van der Waals surface area contributed by atoms with Crippen LogP contribution in [0.25, 0.3) is 0 Å². The largest absolute Gasteiger partial charge is 0.485 e. The van der Waals surface area contributed by atoms with Gasteiger partial charge in [0.05, 0.1) is 0 Å². The van der Waals surface area contributed by atoms with Crippen LogP contribution in [0.5, 0.6) is 11.5 Å². The second kappa shape index (κ2) is 6.36. The highest BCUT2D eigenvalue weighted by molar-refractivity contribution is 5.72. The second-order valence-electron chi connectivity index (χ2n) is 5.41. The Labute approximate surface area is 129 Å². The maximum absolute atomic E-state index is 11.6. The number of aryl methyl sites for hydroxylation is 1. The summed E-state index contributed by atoms with van der Waals surface area (Å²) in [5, 5.41) is 3.06. The van der Waals surface area contributed by atoms with E-state index in [0.717, 1.165) is 11.1 Å². The highest BCUT2D eigenvalue weighted by atomic mass is 16.6. The van der Waals surface area contributed by atoms with E-state index in [2.05, 4.69) is 5.32 Å². The second-order valence-corrected chi connectivity index (χ2v) is 5.41. The maximum Gasteiger partial charge on any atom is 0.308 e. The van der Waals surface area contributed by atoms with Gasteiger partial charge in [-0.3, -0.25) is 9.59 Å². The van der Waals surface area contributed by atoms with Gasteiger partial charge in [-0.1, -0.05) is 6.07 Å². The molecule has 1 unspecified atom stereocenters. The number of rotatable bonds is 5. The van der Waals surface area contributed by atoms with Crippen LogP contribution in [0.3, 0.4) is 0 Å². The van der Waals surface area contributed by atoms with Crippen molar-refractivity contribution in [2.75, 3.05) is 20.2 Å². The van der Waals surface area contributed by atoms with Crippen molar-refractivity contribution in [2.24, 2.45) is 0 Å². The van der Waals surface area contributed by atoms with Gasteiger partial charge in [0, 0.05) is 25.8 Å². The van der Waals surface area contributed by atoms with Crippen LogP contribution in [0.2, 0.25) is 0 Å². The zero-order chi connectivity index (χ0) is 16.3. The average Bonchev–Trinajstić information content (AvgIpc) is 2.79. The van der Waals surface area contributed by atoms with Gasteiger partial charge in [-0.15, -0.1) is 0 Å². The molecule has 0 bridgehead atoms. The van der Waals surface area contributed by atoms with E-state index < -0.39 is 11.6 Å². The Balaban J connectivity index is 2.51. The van der Waals surface area contributed by atoms with Crippen LogP contribution in [-0.4, -0.2) is 32.1 Å². The number of hydrogen-bond donors (Lipinski definition) is 1. The highest BCUT2D eigenvalue weighted by Crippen LogP contribution is 2.48. The maximum atomic E-state index is 11.6. The fourth-order valence-corrected chi connectivity index (χ4v) is 2.80. The summed E-state index contributed by atoms with van der Waals surface area (Å²) >= 11 is 0. The molecular weight excluding hydrogens is 286 g/mol. The van der Waals surface area contributed by atoms with Gasteiger partial charge in [-0.05, 0) is 32.1 Å². The topological polar surface area (TPSA) is 73.9 Å². The first-order chi connectivity index (χ1) is 10.4. The first-order valence-corrected chi connectivity index (χ1v) is 7.19. The van der Waals surface area contributed by atoms with E-state index in [-0.39, 0.29) is 12.6 Å². The monoisotopic (exact) mass is 307 g/mol. The number of ether oxygens (including phenoxy) is 3. The molecule has 0 amide bonds. The number of nitrogens with one attached hydrogen (secondary N) is 1. The number of esters is 2. The molecule has 0 saturated heterocycles. The molecule has 22 heavy (non-hydrogen) atoms. The number of benzene rings is 1. The van der Waals surface area contributed by atoms with Gasteiger partial charge in [-0.25, -0.2) is 0 Å². The van der Waals surface area contributed by atoms with Crippen LogP contribution in [0.15, 0.2) is 12.1 Å². The van der Waals surface area contributed by atoms with Crippen molar-refractivity contribution in [3.05, 3.63) is 23.3 Å². The lowest BCUT2D eigenvalue weighted by atomic mass is 9.88. The van der Waals surface area contributed by atoms with Crippen molar-refractivity contribution >= 4 is 11.9 Å². The molecule has 0 aromatic heterocycles. The van der Waals surface area contributed by atoms with Crippen LogP contribution in [0.1, 0.15) is 31.4 Å². The zero-order valence-corrected chi connectivity index (χ0v) is 13.3. The first-order valence-electron chi connectivity index (χ1n) is 7.19. The fourth-order valence-electron chi connectivity index (χ4n) is 2.80. The van der Waals surface area contributed by atoms with Crippen LogP contribution < -0.4 is 14.8 Å². The molecule has 120 valence electrons. The predicted molar refractivity (Wildman–Crippen MR) is 80.0 cm³/mol. The molecule has 1 aromatic rings. The number of fused-ring (bicyclic) bond motifs is 1. The molecule has 1 aliphatic heterocycles. The molecule has 2 rings (SSSR count). The van der Waals surface area contributed by atoms with Crippen molar-refractivity contribution in [1.82, 2.24) is 5.32 Å². The molecule has 6 nitrogen and oxygen atoms in total. The minimum Gasteiger partial charge on any atom is -0.485 e. The third-order valence-corrected chi connectivity index (χ3v) is 3.61. The predicted octanol–water partition coefficient (Wildman–Crippen LogP) is 1.68. The lowest BCUT2D eigenvalue weighted by molar-refractivity contribution is -0.160. The minimum atomic E-state index is -0.857. The van der Waals surface area contributed by atoms with Crippen molar-refractivity contribution in [3.63, 3.8) is 0 Å². The van der Waals surface area contributed by atoms with E-state index in [1.165, 1.54) is 13.8 Å². The van der Waals surface area contributed by atoms with Crippen molar-refractivity contribution in [3.8, 4) is 11.5 Å². The van der Waals surface area contributed by atoms with Crippen LogP contribution in [-0.2, 0) is 19.9 Å². The van der Waals surface area contributed by atoms with Crippen LogP contribution >= 0.6 is 0 Å². The van der Waals surface area contributed by atoms with Gasteiger partial charge < -0.3 is 19.5 Å². The molecule has 1 N–H and O–H groups in total. The molecule has 1 atom stereocenters. The molecule has 0 radical (unpaired) electrons. The van der Waals surface area contributed by atoms with E-state index in [0.29, 0.717) is 24.5 Å². The summed E-state index contributed by atoms with van der Waals surface area (Å²) in [6.45, 7) is 5.50. The Hall–Kier alpha value is -2.08. The molecule has 0 fully saturated rings. The summed E-state index contributed by atoms with van der Waals surface area (Å²) < 4.78 is 16.6. The third kappa shape index (κ3) is 3.06. The average molecular weight is 307 g/mol. The van der Waals surface area contributed by atoms with Gasteiger partial charge in [0.25, 0.3) is 0 Å². The van der Waals surface area contributed by atoms with Gasteiger partial charge >= 0.3 is 11.9 Å². The van der Waals surface area contributed by atoms with Crippen LogP contribution in [0.4, 0.5) is 0 Å². The quantitative estimate of drug-likeness (QED) is 0.659. The fraction of sp³-hybridized carbons (Fsp3) is 0.500. The number of carbonyl (C=O) groups is 2. The SMILES string of the molecule is CNCCC1(OC(C)=O)COc2c(OC(C)=O)ccc(C)c21. The van der Waals surface area contributed by atoms with E-state index in [1.54, 1.807) is 6.07 Å². The van der Waals surface area contributed by atoms with Crippen molar-refractivity contribution < 1.29 is 23.8 Å². The van der Waals surface area contributed by atoms with E-state index in [4.69, 9.17) is 14.2 Å². The Kier molecular flexibility index (Phi) is 4.71. The summed E-state index contributed by atoms with van der Waals surface area (Å²) in [4.78, 5) is 22.8. The molecular formula is C16H21NO5. The molecule has 0 aliphatic carbocycles. The van der Waals surface area contributed by atoms with Crippen LogP contribution in [0, 0.1) is 6.92 Å². The normalized spacial score (nSPS) is 19.3. The standard InChI is InChI=1S/C16H21NO5/c1-10-5-6-13(21-11(2)18)15-14(10)16(9-20-15,7-8-17-4)22-12(3)19/h5-6,17H,7-9H2,1-4H3. The zero-order valence-electron chi connectivity index (χ0n) is 13.3. The Morgan fingerprint density at radius 2 is 2.05 bits per heavy atom. The first kappa shape index (κ1) is 16.3. The summed E-state index contributed by atoms with van der Waals surface area (Å²) in [5.74, 6) is 0.0406. The Morgan fingerprint density at radius 1 is 1.32 bits per heavy atom. The number of hydrogen-bond acceptors (Lipinski definition) is 6. The lowest BCUT2D eigenvalue weighted by Crippen LogP contribution is -2.36. The smallest absolute Gasteiger partial charge is 0.308 e. The van der Waals surface area contributed by atoms with Crippen molar-refractivity contribution in [2.45, 2.75) is 32.8 Å². The summed E-state index contributed by atoms with van der Waals surface area (Å²) in [6.07, 6.45) is 0.570. The third-order valence-electron chi connectivity index (χ3n) is 3.61. The lowest BCUT2D eigenvalue weighted by Gasteiger charge is -2.28. The van der Waals surface area contributed by atoms with Gasteiger partial charge in [-0.2, -0.15) is 0 Å². The molecule has 6 heteroatoms. The number of carbonyl (C=O) groups excluding carboxylic acids is 2. The highest BCUT2D eigenvalue weighted by Gasteiger charge is 2.46. The summed E-state index contributed by atoms with van der Waals surface area (Å²) in [7, 11) is 1.83.